The first-order chi connectivity index (χ1) is 10.5. The molecule has 1 aliphatic rings. The predicted octanol–water partition coefficient (Wildman–Crippen LogP) is 2.36. The average molecular weight is 295 g/mol. The molecule has 5 nitrogen and oxygen atoms in total. The summed E-state index contributed by atoms with van der Waals surface area (Å²) in [6.45, 7) is 3.92. The van der Waals surface area contributed by atoms with Crippen molar-refractivity contribution in [3.63, 3.8) is 0 Å². The van der Waals surface area contributed by atoms with Crippen LogP contribution in [0.25, 0.3) is 0 Å². The lowest BCUT2D eigenvalue weighted by atomic mass is 9.97. The zero-order valence-electron chi connectivity index (χ0n) is 12.5. The van der Waals surface area contributed by atoms with Crippen LogP contribution in [0.3, 0.4) is 0 Å². The lowest BCUT2D eigenvalue weighted by molar-refractivity contribution is -0.131. The summed E-state index contributed by atoms with van der Waals surface area (Å²) in [5.74, 6) is -0.278. The molecule has 0 saturated carbocycles. The van der Waals surface area contributed by atoms with Crippen molar-refractivity contribution >= 4 is 11.9 Å². The molecule has 0 spiro atoms. The molecule has 22 heavy (non-hydrogen) atoms. The highest BCUT2D eigenvalue weighted by molar-refractivity contribution is 6.06. The summed E-state index contributed by atoms with van der Waals surface area (Å²) in [5, 5.41) is 2.76. The first kappa shape index (κ1) is 14.3. The summed E-state index contributed by atoms with van der Waals surface area (Å²) in [4.78, 5) is 30.5. The van der Waals surface area contributed by atoms with E-state index in [4.69, 9.17) is 0 Å². The van der Waals surface area contributed by atoms with Gasteiger partial charge in [-0.25, -0.2) is 4.79 Å². The molecule has 1 N–H and O–H groups in total. The maximum absolute atomic E-state index is 12.8. The number of pyridine rings is 1. The molecule has 0 aliphatic carbocycles. The van der Waals surface area contributed by atoms with Crippen LogP contribution in [0.15, 0.2) is 48.7 Å². The van der Waals surface area contributed by atoms with Crippen LogP contribution < -0.4 is 5.32 Å². The summed E-state index contributed by atoms with van der Waals surface area (Å²) in [5.41, 5.74) is 1.44. The van der Waals surface area contributed by atoms with Gasteiger partial charge in [0.1, 0.15) is 0 Å². The quantitative estimate of drug-likeness (QED) is 0.884. The van der Waals surface area contributed by atoms with Crippen LogP contribution in [0.4, 0.5) is 4.79 Å². The molecule has 0 unspecified atom stereocenters. The Morgan fingerprint density at radius 3 is 2.55 bits per heavy atom. The molecule has 1 fully saturated rings. The van der Waals surface area contributed by atoms with Gasteiger partial charge in [0.15, 0.2) is 5.54 Å². The third-order valence-corrected chi connectivity index (χ3v) is 4.04. The van der Waals surface area contributed by atoms with Crippen molar-refractivity contribution < 1.29 is 9.59 Å². The van der Waals surface area contributed by atoms with Crippen molar-refractivity contribution in [3.05, 3.63) is 65.5 Å². The molecule has 1 atom stereocenters. The molecule has 1 aliphatic heterocycles. The topological polar surface area (TPSA) is 62.3 Å². The number of imide groups is 1. The number of hydrogen-bond donors (Lipinski definition) is 1. The van der Waals surface area contributed by atoms with Crippen LogP contribution in [-0.4, -0.2) is 21.8 Å². The second kappa shape index (κ2) is 5.26. The van der Waals surface area contributed by atoms with Gasteiger partial charge in [-0.2, -0.15) is 0 Å². The Morgan fingerprint density at radius 1 is 1.14 bits per heavy atom. The van der Waals surface area contributed by atoms with Crippen molar-refractivity contribution in [2.75, 3.05) is 0 Å². The largest absolute Gasteiger partial charge is 0.325 e. The van der Waals surface area contributed by atoms with Gasteiger partial charge in [0.2, 0.25) is 0 Å². The maximum Gasteiger partial charge on any atom is 0.325 e. The number of amides is 3. The first-order valence-electron chi connectivity index (χ1n) is 7.12. The highest BCUT2D eigenvalue weighted by Gasteiger charge is 2.49. The Balaban J connectivity index is 1.91. The lowest BCUT2D eigenvalue weighted by Crippen LogP contribution is -2.41. The van der Waals surface area contributed by atoms with Gasteiger partial charge in [-0.15, -0.1) is 0 Å². The smallest absolute Gasteiger partial charge is 0.318 e. The second-order valence-electron chi connectivity index (χ2n) is 5.59. The van der Waals surface area contributed by atoms with Crippen LogP contribution >= 0.6 is 0 Å². The van der Waals surface area contributed by atoms with Gasteiger partial charge in [0.05, 0.1) is 12.2 Å². The molecule has 112 valence electrons. The van der Waals surface area contributed by atoms with Gasteiger partial charge in [0, 0.05) is 6.20 Å². The van der Waals surface area contributed by atoms with E-state index in [0.29, 0.717) is 5.69 Å². The Morgan fingerprint density at radius 2 is 1.86 bits per heavy atom. The normalized spacial score (nSPS) is 21.1. The maximum atomic E-state index is 12.8. The van der Waals surface area contributed by atoms with E-state index in [-0.39, 0.29) is 18.5 Å². The third-order valence-electron chi connectivity index (χ3n) is 4.04. The van der Waals surface area contributed by atoms with E-state index in [2.05, 4.69) is 10.3 Å². The number of hydrogen-bond acceptors (Lipinski definition) is 3. The second-order valence-corrected chi connectivity index (χ2v) is 5.59. The molecule has 2 aromatic rings. The molecule has 2 heterocycles. The Labute approximate surface area is 129 Å². The Bertz CT molecular complexity index is 730. The molecule has 5 heteroatoms. The molecular weight excluding hydrogens is 278 g/mol. The number of urea groups is 1. The minimum absolute atomic E-state index is 0.264. The fraction of sp³-hybridized carbons (Fsp3) is 0.235. The molecule has 0 radical (unpaired) electrons. The zero-order chi connectivity index (χ0) is 15.7. The van der Waals surface area contributed by atoms with E-state index in [1.54, 1.807) is 31.3 Å². The van der Waals surface area contributed by atoms with Gasteiger partial charge in [-0.1, -0.05) is 30.3 Å². The van der Waals surface area contributed by atoms with E-state index in [9.17, 15) is 9.59 Å². The highest BCUT2D eigenvalue weighted by atomic mass is 16.2. The SMILES string of the molecule is Cc1ccccc1CN1C(=O)N[C@](C)(c2ccccn2)C1=O. The first-order valence-corrected chi connectivity index (χ1v) is 7.12. The number of aryl methyl sites for hydroxylation is 1. The minimum atomic E-state index is -1.11. The van der Waals surface area contributed by atoms with Gasteiger partial charge in [-0.05, 0) is 37.1 Å². The van der Waals surface area contributed by atoms with E-state index >= 15 is 0 Å². The molecule has 0 bridgehead atoms. The van der Waals surface area contributed by atoms with E-state index in [0.717, 1.165) is 11.1 Å². The number of nitrogens with one attached hydrogen (secondary N) is 1. The van der Waals surface area contributed by atoms with Gasteiger partial charge in [0.25, 0.3) is 5.91 Å². The molecule has 1 saturated heterocycles. The molecule has 3 amide bonds. The summed E-state index contributed by atoms with van der Waals surface area (Å²) in [6, 6.07) is 12.7. The number of rotatable bonds is 3. The number of carbonyl (C=O) groups is 2. The van der Waals surface area contributed by atoms with E-state index in [1.165, 1.54) is 4.90 Å². The van der Waals surface area contributed by atoms with Crippen molar-refractivity contribution in [2.24, 2.45) is 0 Å². The Hall–Kier alpha value is -2.69. The fourth-order valence-electron chi connectivity index (χ4n) is 2.63. The van der Waals surface area contributed by atoms with Crippen molar-refractivity contribution in [3.8, 4) is 0 Å². The third kappa shape index (κ3) is 2.24. The van der Waals surface area contributed by atoms with Crippen LogP contribution in [0.2, 0.25) is 0 Å². The van der Waals surface area contributed by atoms with Gasteiger partial charge >= 0.3 is 6.03 Å². The summed E-state index contributed by atoms with van der Waals surface area (Å²) in [6.07, 6.45) is 1.62. The van der Waals surface area contributed by atoms with Crippen molar-refractivity contribution in [1.82, 2.24) is 15.2 Å². The van der Waals surface area contributed by atoms with E-state index in [1.807, 2.05) is 31.2 Å². The summed E-state index contributed by atoms with van der Waals surface area (Å²) >= 11 is 0. The number of carbonyl (C=O) groups excluding carboxylic acids is 2. The predicted molar refractivity (Wildman–Crippen MR) is 81.8 cm³/mol. The van der Waals surface area contributed by atoms with Crippen molar-refractivity contribution in [2.45, 2.75) is 25.9 Å². The van der Waals surface area contributed by atoms with Crippen molar-refractivity contribution in [1.29, 1.82) is 0 Å². The molecule has 1 aromatic heterocycles. The van der Waals surface area contributed by atoms with Crippen LogP contribution in [0, 0.1) is 6.92 Å². The van der Waals surface area contributed by atoms with Crippen LogP contribution in [0.5, 0.6) is 0 Å². The molecular formula is C17H17N3O2. The number of nitrogens with zero attached hydrogens (tertiary/aromatic N) is 2. The molecule has 1 aromatic carbocycles. The zero-order valence-corrected chi connectivity index (χ0v) is 12.5. The lowest BCUT2D eigenvalue weighted by Gasteiger charge is -2.21. The molecule has 3 rings (SSSR count). The summed E-state index contributed by atoms with van der Waals surface area (Å²) in [7, 11) is 0. The monoisotopic (exact) mass is 295 g/mol. The van der Waals surface area contributed by atoms with Crippen LogP contribution in [0.1, 0.15) is 23.7 Å². The van der Waals surface area contributed by atoms with Crippen LogP contribution in [-0.2, 0) is 16.9 Å². The average Bonchev–Trinajstić information content (AvgIpc) is 2.75. The standard InChI is InChI=1S/C17H17N3O2/c1-12-7-3-4-8-13(12)11-20-15(21)17(2,19-16(20)22)14-9-5-6-10-18-14/h3-10H,11H2,1-2H3,(H,19,22)/t17-/m1/s1. The minimum Gasteiger partial charge on any atom is -0.318 e. The fourth-order valence-corrected chi connectivity index (χ4v) is 2.63. The van der Waals surface area contributed by atoms with E-state index < -0.39 is 5.54 Å². The number of benzene rings is 1. The highest BCUT2D eigenvalue weighted by Crippen LogP contribution is 2.28. The van der Waals surface area contributed by atoms with Gasteiger partial charge < -0.3 is 5.32 Å². The van der Waals surface area contributed by atoms with Gasteiger partial charge in [-0.3, -0.25) is 14.7 Å². The number of aromatic nitrogens is 1. The summed E-state index contributed by atoms with van der Waals surface area (Å²) < 4.78 is 0. The Kier molecular flexibility index (Phi) is 3.41.